The number of methoxy groups -OCH3 is 1. The van der Waals surface area contributed by atoms with Crippen LogP contribution >= 0.6 is 30.8 Å². The Kier molecular flexibility index (Phi) is 9.62. The van der Waals surface area contributed by atoms with Gasteiger partial charge in [-0.3, -0.25) is 9.09 Å². The number of aliphatic hydroxyl groups excluding tert-OH is 1. The minimum Gasteiger partial charge on any atom is -0.575 e. The molecule has 2 aromatic heterocycles. The molecule has 1 saturated heterocycles. The van der Waals surface area contributed by atoms with Crippen LogP contribution in [0.5, 0.6) is 17.4 Å². The van der Waals surface area contributed by atoms with E-state index in [0.29, 0.717) is 14.7 Å². The van der Waals surface area contributed by atoms with Gasteiger partial charge >= 0.3 is 14.1 Å². The van der Waals surface area contributed by atoms with Gasteiger partial charge in [0.25, 0.3) is 0 Å². The number of nitrogens with two attached hydrogens (primary N) is 1. The van der Waals surface area contributed by atoms with Crippen LogP contribution in [0.4, 0.5) is 5.95 Å². The number of aromatic nitrogens is 4. The fraction of sp³-hybridized carbons (Fsp3) is 0.429. The first-order valence-corrected chi connectivity index (χ1v) is 16.1. The number of ether oxygens (including phenoxy) is 3. The van der Waals surface area contributed by atoms with Crippen LogP contribution in [0, 0.1) is 9.75 Å². The molecule has 0 amide bonds. The van der Waals surface area contributed by atoms with Crippen molar-refractivity contribution in [3.8, 4) is 17.4 Å². The van der Waals surface area contributed by atoms with Crippen molar-refractivity contribution in [2.75, 3.05) is 19.5 Å². The number of anilines is 1. The van der Waals surface area contributed by atoms with E-state index in [9.17, 15) is 25.0 Å². The molecule has 0 saturated carbocycles. The first-order chi connectivity index (χ1) is 21.3. The predicted molar refractivity (Wildman–Crippen MR) is 170 cm³/mol. The Morgan fingerprint density at radius 1 is 1.27 bits per heavy atom. The second kappa shape index (κ2) is 13.1. The number of hydrogen-bond acceptors (Lipinski definition) is 13. The number of aliphatic hydroxyl groups is 2. The Bertz CT molecular complexity index is 1770. The fourth-order valence-electron chi connectivity index (χ4n) is 5.10. The van der Waals surface area contributed by atoms with Gasteiger partial charge in [-0.1, -0.05) is 48.9 Å². The van der Waals surface area contributed by atoms with Crippen LogP contribution in [-0.4, -0.2) is 78.4 Å². The van der Waals surface area contributed by atoms with Crippen molar-refractivity contribution in [2.24, 2.45) is 10.7 Å². The van der Waals surface area contributed by atoms with Crippen molar-refractivity contribution in [3.05, 3.63) is 40.2 Å². The van der Waals surface area contributed by atoms with E-state index >= 15 is 0 Å². The molecule has 5 N–H and O–H groups in total. The number of fused-ring (bicyclic) bond motifs is 2. The molecule has 0 bridgehead atoms. The zero-order valence-corrected chi connectivity index (χ0v) is 27.7. The molecule has 0 spiro atoms. The summed E-state index contributed by atoms with van der Waals surface area (Å²) >= 11 is 1.94. The number of imidazole rings is 1. The molecule has 0 radical (unpaired) electrons. The number of hydrogen-bond donors (Lipinski definition) is 4. The van der Waals surface area contributed by atoms with Crippen molar-refractivity contribution >= 4 is 64.6 Å². The molecular formula is C28H32IN6O9P. The smallest absolute Gasteiger partial charge is 0.395 e. The first kappa shape index (κ1) is 33.0. The van der Waals surface area contributed by atoms with E-state index in [1.807, 2.05) is 48.6 Å². The van der Waals surface area contributed by atoms with Crippen LogP contribution in [0.2, 0.25) is 0 Å². The van der Waals surface area contributed by atoms with Crippen LogP contribution in [-0.2, 0) is 9.53 Å². The van der Waals surface area contributed by atoms with Gasteiger partial charge in [0.2, 0.25) is 17.6 Å². The third-order valence-electron chi connectivity index (χ3n) is 7.29. The zero-order valence-electron chi connectivity index (χ0n) is 24.7. The van der Waals surface area contributed by atoms with Gasteiger partial charge in [-0.2, -0.15) is 9.97 Å². The number of rotatable bonds is 11. The Labute approximate surface area is 272 Å². The van der Waals surface area contributed by atoms with Gasteiger partial charge in [-0.15, -0.1) is 0 Å². The monoisotopic (exact) mass is 754 g/mol. The SMILES string of the molecule is COc1nc(N)nc2c1nc(I)n2[C@@H]1O[C@H](COc2ccc3ccccc3c2O/[P+]([O-])=N/C(CC(C)C)C(=O)O)[C@@H](O)[C@@]1(C)O. The summed E-state index contributed by atoms with van der Waals surface area (Å²) in [6.45, 7) is 4.84. The topological polar surface area (TPSA) is 220 Å². The van der Waals surface area contributed by atoms with Gasteiger partial charge < -0.3 is 40.2 Å². The van der Waals surface area contributed by atoms with Gasteiger partial charge in [0.15, 0.2) is 33.0 Å². The number of nitrogens with zero attached hydrogens (tertiary/aromatic N) is 5. The number of halogens is 1. The molecule has 45 heavy (non-hydrogen) atoms. The third-order valence-corrected chi connectivity index (χ3v) is 8.86. The summed E-state index contributed by atoms with van der Waals surface area (Å²) in [6, 6.07) is 9.29. The van der Waals surface area contributed by atoms with E-state index < -0.39 is 44.2 Å². The normalized spacial score (nSPS) is 22.7. The minimum atomic E-state index is -2.80. The van der Waals surface area contributed by atoms with E-state index in [2.05, 4.69) is 19.7 Å². The third kappa shape index (κ3) is 6.62. The van der Waals surface area contributed by atoms with Gasteiger partial charge in [0.1, 0.15) is 24.4 Å². The molecule has 1 aliphatic heterocycles. The second-order valence-electron chi connectivity index (χ2n) is 11.1. The number of nitrogen functional groups attached to an aromatic ring is 1. The largest absolute Gasteiger partial charge is 0.575 e. The summed E-state index contributed by atoms with van der Waals surface area (Å²) in [5.74, 6) is -0.912. The van der Waals surface area contributed by atoms with Crippen LogP contribution in [0.25, 0.3) is 21.9 Å². The van der Waals surface area contributed by atoms with Gasteiger partial charge in [-0.05, 0) is 30.7 Å². The van der Waals surface area contributed by atoms with E-state index in [1.54, 1.807) is 24.3 Å². The predicted octanol–water partition coefficient (Wildman–Crippen LogP) is 3.00. The molecule has 2 unspecified atom stereocenters. The molecular weight excluding hydrogens is 722 g/mol. The molecule has 4 aromatic rings. The van der Waals surface area contributed by atoms with Gasteiger partial charge in [0, 0.05) is 28.0 Å². The number of benzene rings is 2. The highest BCUT2D eigenvalue weighted by molar-refractivity contribution is 14.1. The average Bonchev–Trinajstić information content (AvgIpc) is 3.42. The molecule has 240 valence electrons. The highest BCUT2D eigenvalue weighted by Gasteiger charge is 2.54. The first-order valence-electron chi connectivity index (χ1n) is 13.9. The standard InChI is InChI=1S/C28H32IN6O9P/c1-13(2)11-16(24(37)38)34-45(40)44-20-15-8-6-5-7-14(15)9-10-17(20)42-12-18-21(36)28(3,39)25(43-18)35-22-19(31-26(35)29)23(41-4)33-27(30)32-22/h5-10,13,16,18,21,25,36,39H,11-12H2,1-4H3,(H,37,38)(H2,30,32,33)/t16?,18-,21-,25-,28-/m1/s1. The average molecular weight is 754 g/mol. The molecule has 6 atom stereocenters. The molecule has 3 heterocycles. The zero-order chi connectivity index (χ0) is 32.6. The fourth-order valence-corrected chi connectivity index (χ4v) is 6.64. The Balaban J connectivity index is 1.44. The van der Waals surface area contributed by atoms with Crippen LogP contribution < -0.4 is 24.6 Å². The van der Waals surface area contributed by atoms with E-state index in [-0.39, 0.29) is 47.9 Å². The summed E-state index contributed by atoms with van der Waals surface area (Å²) in [5, 5.41) is 33.5. The van der Waals surface area contributed by atoms with E-state index in [0.717, 1.165) is 5.39 Å². The maximum Gasteiger partial charge on any atom is 0.395 e. The van der Waals surface area contributed by atoms with Crippen molar-refractivity contribution in [1.29, 1.82) is 0 Å². The van der Waals surface area contributed by atoms with Crippen molar-refractivity contribution in [3.63, 3.8) is 0 Å². The molecule has 5 rings (SSSR count). The number of carboxylic acids is 1. The van der Waals surface area contributed by atoms with Crippen molar-refractivity contribution in [2.45, 2.75) is 57.3 Å². The number of aliphatic carboxylic acids is 1. The lowest BCUT2D eigenvalue weighted by Gasteiger charge is -2.27. The molecule has 17 heteroatoms. The molecule has 2 aromatic carbocycles. The van der Waals surface area contributed by atoms with Crippen LogP contribution in [0.15, 0.2) is 41.1 Å². The highest BCUT2D eigenvalue weighted by Crippen LogP contribution is 2.44. The molecule has 1 fully saturated rings. The molecule has 0 aliphatic carbocycles. The van der Waals surface area contributed by atoms with Crippen LogP contribution in [0.3, 0.4) is 0 Å². The van der Waals surface area contributed by atoms with E-state index in [4.69, 9.17) is 24.5 Å². The Hall–Kier alpha value is -3.41. The maximum atomic E-state index is 13.0. The second-order valence-corrected chi connectivity index (χ2v) is 12.9. The summed E-state index contributed by atoms with van der Waals surface area (Å²) in [4.78, 5) is 37.4. The lowest BCUT2D eigenvalue weighted by Crippen LogP contribution is -2.45. The van der Waals surface area contributed by atoms with Crippen molar-refractivity contribution in [1.82, 2.24) is 19.5 Å². The summed E-state index contributed by atoms with van der Waals surface area (Å²) < 4.78 is 29.0. The summed E-state index contributed by atoms with van der Waals surface area (Å²) in [6.07, 6.45) is -3.46. The Morgan fingerprint density at radius 3 is 2.69 bits per heavy atom. The molecule has 15 nitrogen and oxygen atoms in total. The number of carbonyl (C=O) groups is 1. The lowest BCUT2D eigenvalue weighted by molar-refractivity contribution is -0.169. The van der Waals surface area contributed by atoms with Gasteiger partial charge in [0.05, 0.1) is 7.11 Å². The van der Waals surface area contributed by atoms with E-state index in [1.165, 1.54) is 18.6 Å². The van der Waals surface area contributed by atoms with Crippen molar-refractivity contribution < 1.29 is 43.7 Å². The van der Waals surface area contributed by atoms with Gasteiger partial charge in [-0.25, -0.2) is 9.78 Å². The molecule has 1 aliphatic rings. The summed E-state index contributed by atoms with van der Waals surface area (Å²) in [5.41, 5.74) is 4.57. The quantitative estimate of drug-likeness (QED) is 0.0985. The summed E-state index contributed by atoms with van der Waals surface area (Å²) in [7, 11) is -1.39. The minimum absolute atomic E-state index is 0.00370. The lowest BCUT2D eigenvalue weighted by atomic mass is 9.96. The number of carboxylic acid groups (broad SMARTS) is 1. The highest BCUT2D eigenvalue weighted by atomic mass is 127. The maximum absolute atomic E-state index is 13.0. The van der Waals surface area contributed by atoms with Crippen LogP contribution in [0.1, 0.15) is 33.4 Å². The Morgan fingerprint density at radius 2 is 2.00 bits per heavy atom.